The third-order valence-electron chi connectivity index (χ3n) is 4.13. The van der Waals surface area contributed by atoms with Gasteiger partial charge >= 0.3 is 5.97 Å². The molecule has 3 N–H and O–H groups in total. The maximum atomic E-state index is 12.1. The Morgan fingerprint density at radius 3 is 2.38 bits per heavy atom. The van der Waals surface area contributed by atoms with E-state index in [0.29, 0.717) is 29.5 Å². The number of hydrogen-bond acceptors (Lipinski definition) is 4. The predicted molar refractivity (Wildman–Crippen MR) is 97.5 cm³/mol. The summed E-state index contributed by atoms with van der Waals surface area (Å²) in [6.45, 7) is 0. The van der Waals surface area contributed by atoms with Crippen molar-refractivity contribution in [3.63, 3.8) is 0 Å². The molecule has 2 aromatic rings. The SMILES string of the molecule is O=C(O)CCCc1ccc(NC=C2C(=O)NC(=O)c3ccccc32)cc1. The fourth-order valence-corrected chi connectivity index (χ4v) is 2.79. The van der Waals surface area contributed by atoms with E-state index in [0.717, 1.165) is 11.3 Å². The Bertz CT molecular complexity index is 885. The van der Waals surface area contributed by atoms with Gasteiger partial charge < -0.3 is 10.4 Å². The van der Waals surface area contributed by atoms with Crippen molar-refractivity contribution >= 4 is 29.0 Å². The molecule has 1 aliphatic heterocycles. The minimum absolute atomic E-state index is 0.152. The van der Waals surface area contributed by atoms with Gasteiger partial charge in [0.15, 0.2) is 0 Å². The average molecular weight is 350 g/mol. The Kier molecular flexibility index (Phi) is 5.12. The van der Waals surface area contributed by atoms with Crippen LogP contribution in [0.15, 0.2) is 54.7 Å². The van der Waals surface area contributed by atoms with Gasteiger partial charge in [-0.3, -0.25) is 19.7 Å². The van der Waals surface area contributed by atoms with E-state index in [4.69, 9.17) is 5.11 Å². The van der Waals surface area contributed by atoms with E-state index in [1.54, 1.807) is 30.5 Å². The highest BCUT2D eigenvalue weighted by molar-refractivity contribution is 6.31. The quantitative estimate of drug-likeness (QED) is 0.550. The van der Waals surface area contributed by atoms with Crippen LogP contribution in [0.25, 0.3) is 5.57 Å². The van der Waals surface area contributed by atoms with Crippen molar-refractivity contribution in [2.24, 2.45) is 0 Å². The highest BCUT2D eigenvalue weighted by Crippen LogP contribution is 2.24. The third kappa shape index (κ3) is 3.97. The second-order valence-corrected chi connectivity index (χ2v) is 5.98. The molecule has 0 atom stereocenters. The van der Waals surface area contributed by atoms with Crippen LogP contribution in [0.5, 0.6) is 0 Å². The number of anilines is 1. The molecule has 1 heterocycles. The molecule has 6 heteroatoms. The molecule has 26 heavy (non-hydrogen) atoms. The summed E-state index contributed by atoms with van der Waals surface area (Å²) in [4.78, 5) is 34.5. The number of rotatable bonds is 6. The Morgan fingerprint density at radius 1 is 1.00 bits per heavy atom. The lowest BCUT2D eigenvalue weighted by molar-refractivity contribution is -0.137. The molecule has 2 aromatic carbocycles. The topological polar surface area (TPSA) is 95.5 Å². The molecule has 0 saturated heterocycles. The molecule has 0 radical (unpaired) electrons. The van der Waals surface area contributed by atoms with Crippen LogP contribution in [0.3, 0.4) is 0 Å². The van der Waals surface area contributed by atoms with E-state index in [-0.39, 0.29) is 6.42 Å². The van der Waals surface area contributed by atoms with Crippen LogP contribution in [0.2, 0.25) is 0 Å². The third-order valence-corrected chi connectivity index (χ3v) is 4.13. The molecule has 0 bridgehead atoms. The number of aliphatic carboxylic acids is 1. The lowest BCUT2D eigenvalue weighted by Crippen LogP contribution is -2.36. The number of aryl methyl sites for hydroxylation is 1. The molecule has 2 amide bonds. The Hall–Kier alpha value is -3.41. The smallest absolute Gasteiger partial charge is 0.303 e. The molecule has 0 aliphatic carbocycles. The van der Waals surface area contributed by atoms with Crippen LogP contribution in [0, 0.1) is 0 Å². The van der Waals surface area contributed by atoms with Crippen LogP contribution in [0.1, 0.15) is 34.3 Å². The number of nitrogens with one attached hydrogen (secondary N) is 2. The molecule has 6 nitrogen and oxygen atoms in total. The molecule has 0 spiro atoms. The van der Waals surface area contributed by atoms with Gasteiger partial charge in [0, 0.05) is 29.4 Å². The van der Waals surface area contributed by atoms with Crippen molar-refractivity contribution in [2.45, 2.75) is 19.3 Å². The number of amides is 2. The van der Waals surface area contributed by atoms with E-state index in [1.807, 2.05) is 24.3 Å². The maximum Gasteiger partial charge on any atom is 0.303 e. The number of fused-ring (bicyclic) bond motifs is 1. The van der Waals surface area contributed by atoms with Crippen LogP contribution in [-0.4, -0.2) is 22.9 Å². The van der Waals surface area contributed by atoms with Gasteiger partial charge in [0.05, 0.1) is 5.57 Å². The lowest BCUT2D eigenvalue weighted by atomic mass is 9.95. The number of carboxylic acids is 1. The summed E-state index contributed by atoms with van der Waals surface area (Å²) in [5.41, 5.74) is 3.30. The number of hydrogen-bond donors (Lipinski definition) is 3. The number of carboxylic acid groups (broad SMARTS) is 1. The van der Waals surface area contributed by atoms with Gasteiger partial charge in [0.25, 0.3) is 11.8 Å². The first-order valence-electron chi connectivity index (χ1n) is 8.27. The predicted octanol–water partition coefficient (Wildman–Crippen LogP) is 2.82. The number of imide groups is 1. The van der Waals surface area contributed by atoms with Gasteiger partial charge in [0.1, 0.15) is 0 Å². The minimum Gasteiger partial charge on any atom is -0.481 e. The van der Waals surface area contributed by atoms with Crippen LogP contribution in [-0.2, 0) is 16.0 Å². The van der Waals surface area contributed by atoms with Gasteiger partial charge in [-0.05, 0) is 36.6 Å². The molecule has 132 valence electrons. The van der Waals surface area contributed by atoms with E-state index < -0.39 is 17.8 Å². The second kappa shape index (κ2) is 7.65. The average Bonchev–Trinajstić information content (AvgIpc) is 2.62. The van der Waals surface area contributed by atoms with Crippen molar-refractivity contribution < 1.29 is 19.5 Å². The van der Waals surface area contributed by atoms with Crippen molar-refractivity contribution in [3.8, 4) is 0 Å². The van der Waals surface area contributed by atoms with E-state index in [9.17, 15) is 14.4 Å². The fraction of sp³-hybridized carbons (Fsp3) is 0.150. The molecular formula is C20H18N2O4. The second-order valence-electron chi connectivity index (χ2n) is 5.98. The van der Waals surface area contributed by atoms with Crippen LogP contribution < -0.4 is 10.6 Å². The summed E-state index contributed by atoms with van der Waals surface area (Å²) in [5.74, 6) is -1.63. The zero-order valence-electron chi connectivity index (χ0n) is 14.0. The standard InChI is InChI=1S/C20H18N2O4/c23-18(24)7-3-4-13-8-10-14(11-9-13)21-12-17-15-5-1-2-6-16(15)19(25)22-20(17)26/h1-2,5-6,8-12,21H,3-4,7H2,(H,23,24)(H,22,25,26). The number of carbonyl (C=O) groups is 3. The zero-order chi connectivity index (χ0) is 18.5. The first kappa shape index (κ1) is 17.4. The largest absolute Gasteiger partial charge is 0.481 e. The molecule has 0 saturated carbocycles. The van der Waals surface area contributed by atoms with Crippen molar-refractivity contribution in [1.82, 2.24) is 5.32 Å². The summed E-state index contributed by atoms with van der Waals surface area (Å²) in [6, 6.07) is 14.5. The molecule has 3 rings (SSSR count). The summed E-state index contributed by atoms with van der Waals surface area (Å²) >= 11 is 0. The fourth-order valence-electron chi connectivity index (χ4n) is 2.79. The monoisotopic (exact) mass is 350 g/mol. The first-order chi connectivity index (χ1) is 12.5. The zero-order valence-corrected chi connectivity index (χ0v) is 14.0. The van der Waals surface area contributed by atoms with Crippen molar-refractivity contribution in [3.05, 3.63) is 71.4 Å². The number of benzene rings is 2. The molecule has 0 unspecified atom stereocenters. The summed E-state index contributed by atoms with van der Waals surface area (Å²) < 4.78 is 0. The highest BCUT2D eigenvalue weighted by Gasteiger charge is 2.26. The molecule has 0 aromatic heterocycles. The Labute approximate surface area is 150 Å². The van der Waals surface area contributed by atoms with E-state index >= 15 is 0 Å². The Balaban J connectivity index is 1.71. The molecular weight excluding hydrogens is 332 g/mol. The van der Waals surface area contributed by atoms with Crippen molar-refractivity contribution in [2.75, 3.05) is 5.32 Å². The normalized spacial score (nSPS) is 14.7. The van der Waals surface area contributed by atoms with Gasteiger partial charge in [-0.1, -0.05) is 30.3 Å². The number of carbonyl (C=O) groups excluding carboxylic acids is 2. The first-order valence-corrected chi connectivity index (χ1v) is 8.27. The van der Waals surface area contributed by atoms with Gasteiger partial charge in [-0.2, -0.15) is 0 Å². The van der Waals surface area contributed by atoms with E-state index in [2.05, 4.69) is 10.6 Å². The maximum absolute atomic E-state index is 12.1. The van der Waals surface area contributed by atoms with E-state index in [1.165, 1.54) is 0 Å². The highest BCUT2D eigenvalue weighted by atomic mass is 16.4. The van der Waals surface area contributed by atoms with Crippen LogP contribution in [0.4, 0.5) is 5.69 Å². The minimum atomic E-state index is -0.792. The molecule has 1 aliphatic rings. The van der Waals surface area contributed by atoms with Crippen molar-refractivity contribution in [1.29, 1.82) is 0 Å². The van der Waals surface area contributed by atoms with Gasteiger partial charge in [0.2, 0.25) is 0 Å². The van der Waals surface area contributed by atoms with Gasteiger partial charge in [-0.25, -0.2) is 0 Å². The Morgan fingerprint density at radius 2 is 1.69 bits per heavy atom. The summed E-state index contributed by atoms with van der Waals surface area (Å²) in [7, 11) is 0. The van der Waals surface area contributed by atoms with Crippen LogP contribution >= 0.6 is 0 Å². The molecule has 0 fully saturated rings. The summed E-state index contributed by atoms with van der Waals surface area (Å²) in [5, 5.41) is 14.1. The van der Waals surface area contributed by atoms with Gasteiger partial charge in [-0.15, -0.1) is 0 Å². The summed E-state index contributed by atoms with van der Waals surface area (Å²) in [6.07, 6.45) is 3.03. The lowest BCUT2D eigenvalue weighted by Gasteiger charge is -2.18.